The Bertz CT molecular complexity index is 1340. The van der Waals surface area contributed by atoms with E-state index in [1.165, 1.54) is 9.08 Å². The van der Waals surface area contributed by atoms with Crippen molar-refractivity contribution >= 4 is 34.1 Å². The highest BCUT2D eigenvalue weighted by Gasteiger charge is 2.22. The average molecular weight is 418 g/mol. The van der Waals surface area contributed by atoms with E-state index in [2.05, 4.69) is 15.3 Å². The van der Waals surface area contributed by atoms with E-state index in [0.29, 0.717) is 54.5 Å². The maximum absolute atomic E-state index is 13.2. The fraction of sp³-hybridized carbons (Fsp3) is 0.273. The monoisotopic (exact) mass is 418 g/mol. The molecule has 31 heavy (non-hydrogen) atoms. The number of ether oxygens (including phenoxy) is 1. The number of carbonyl (C=O) groups is 1. The first kappa shape index (κ1) is 19.3. The van der Waals surface area contributed by atoms with Crippen molar-refractivity contribution in [3.63, 3.8) is 0 Å². The minimum absolute atomic E-state index is 0.189. The van der Waals surface area contributed by atoms with E-state index in [4.69, 9.17) is 9.72 Å². The summed E-state index contributed by atoms with van der Waals surface area (Å²) in [5, 5.41) is 7.36. The number of amides is 1. The molecule has 1 N–H and O–H groups in total. The molecule has 4 aromatic rings. The van der Waals surface area contributed by atoms with Crippen LogP contribution in [0.2, 0.25) is 0 Å². The molecule has 2 aromatic heterocycles. The molecule has 1 fully saturated rings. The Morgan fingerprint density at radius 2 is 1.84 bits per heavy atom. The van der Waals surface area contributed by atoms with Gasteiger partial charge in [-0.2, -0.15) is 0 Å². The van der Waals surface area contributed by atoms with Crippen LogP contribution in [0.3, 0.4) is 0 Å². The molecule has 9 heteroatoms. The molecule has 3 heterocycles. The second kappa shape index (κ2) is 7.84. The van der Waals surface area contributed by atoms with Gasteiger partial charge in [0.1, 0.15) is 6.54 Å². The van der Waals surface area contributed by atoms with Gasteiger partial charge in [0.15, 0.2) is 5.82 Å². The maximum Gasteiger partial charge on any atom is 0.351 e. The number of nitrogens with one attached hydrogen (secondary N) is 1. The summed E-state index contributed by atoms with van der Waals surface area (Å²) in [5.41, 5.74) is 3.08. The number of para-hydroxylation sites is 3. The molecule has 0 aliphatic carbocycles. The van der Waals surface area contributed by atoms with Gasteiger partial charge in [0.2, 0.25) is 11.6 Å². The number of aryl methyl sites for hydroxylation is 1. The SMILES string of the molecule is Cc1ccccc1NC(=O)Cn1nc2c(N3CCOCC3)nc3ccccc3n2c1=O. The highest BCUT2D eigenvalue weighted by atomic mass is 16.5. The summed E-state index contributed by atoms with van der Waals surface area (Å²) in [5.74, 6) is 0.308. The van der Waals surface area contributed by atoms with Crippen molar-refractivity contribution in [2.45, 2.75) is 13.5 Å². The van der Waals surface area contributed by atoms with E-state index in [9.17, 15) is 9.59 Å². The number of hydrogen-bond donors (Lipinski definition) is 1. The first-order valence-corrected chi connectivity index (χ1v) is 10.2. The lowest BCUT2D eigenvalue weighted by molar-refractivity contribution is -0.117. The summed E-state index contributed by atoms with van der Waals surface area (Å²) in [4.78, 5) is 32.7. The first-order valence-electron chi connectivity index (χ1n) is 10.2. The zero-order chi connectivity index (χ0) is 21.4. The molecule has 1 amide bonds. The standard InChI is InChI=1S/C22H22N6O3/c1-15-6-2-3-7-16(15)23-19(29)14-27-22(30)28-18-9-5-4-8-17(18)24-20(21(28)25-27)26-10-12-31-13-11-26/h2-9H,10-14H2,1H3,(H,23,29). The van der Waals surface area contributed by atoms with Crippen LogP contribution in [0.15, 0.2) is 53.3 Å². The van der Waals surface area contributed by atoms with Gasteiger partial charge in [-0.1, -0.05) is 30.3 Å². The molecule has 158 valence electrons. The van der Waals surface area contributed by atoms with Crippen molar-refractivity contribution in [3.05, 3.63) is 64.6 Å². The van der Waals surface area contributed by atoms with Crippen LogP contribution in [0, 0.1) is 6.92 Å². The number of carbonyl (C=O) groups excluding carboxylic acids is 1. The highest BCUT2D eigenvalue weighted by Crippen LogP contribution is 2.23. The van der Waals surface area contributed by atoms with Gasteiger partial charge in [-0.25, -0.2) is 18.9 Å². The smallest absolute Gasteiger partial charge is 0.351 e. The van der Waals surface area contributed by atoms with E-state index >= 15 is 0 Å². The molecule has 0 atom stereocenters. The lowest BCUT2D eigenvalue weighted by atomic mass is 10.2. The van der Waals surface area contributed by atoms with E-state index < -0.39 is 0 Å². The number of morpholine rings is 1. The molecule has 0 saturated carbocycles. The van der Waals surface area contributed by atoms with Crippen molar-refractivity contribution < 1.29 is 9.53 Å². The van der Waals surface area contributed by atoms with E-state index in [1.54, 1.807) is 0 Å². The zero-order valence-electron chi connectivity index (χ0n) is 17.1. The number of fused-ring (bicyclic) bond motifs is 3. The molecule has 0 bridgehead atoms. The van der Waals surface area contributed by atoms with Gasteiger partial charge < -0.3 is 15.0 Å². The second-order valence-corrected chi connectivity index (χ2v) is 7.49. The Hall–Kier alpha value is -3.72. The first-order chi connectivity index (χ1) is 15.1. The molecular formula is C22H22N6O3. The fourth-order valence-electron chi connectivity index (χ4n) is 3.81. The van der Waals surface area contributed by atoms with E-state index in [-0.39, 0.29) is 18.1 Å². The lowest BCUT2D eigenvalue weighted by Crippen LogP contribution is -2.37. The topological polar surface area (TPSA) is 93.8 Å². The summed E-state index contributed by atoms with van der Waals surface area (Å²) in [6.45, 7) is 4.23. The Balaban J connectivity index is 1.57. The van der Waals surface area contributed by atoms with Gasteiger partial charge in [-0.05, 0) is 30.7 Å². The summed E-state index contributed by atoms with van der Waals surface area (Å²) in [6.07, 6.45) is 0. The number of aromatic nitrogens is 4. The number of benzene rings is 2. The summed E-state index contributed by atoms with van der Waals surface area (Å²) >= 11 is 0. The molecule has 1 saturated heterocycles. The van der Waals surface area contributed by atoms with Crippen molar-refractivity contribution in [1.82, 2.24) is 19.2 Å². The highest BCUT2D eigenvalue weighted by molar-refractivity contribution is 5.91. The minimum atomic E-state index is -0.372. The quantitative estimate of drug-likeness (QED) is 0.544. The Morgan fingerprint density at radius 1 is 1.10 bits per heavy atom. The molecule has 1 aliphatic rings. The van der Waals surface area contributed by atoms with Crippen LogP contribution in [-0.4, -0.2) is 51.4 Å². The summed E-state index contributed by atoms with van der Waals surface area (Å²) in [7, 11) is 0. The van der Waals surface area contributed by atoms with Gasteiger partial charge in [-0.15, -0.1) is 5.10 Å². The predicted molar refractivity (Wildman–Crippen MR) is 118 cm³/mol. The third-order valence-electron chi connectivity index (χ3n) is 5.41. The maximum atomic E-state index is 13.2. The molecule has 0 unspecified atom stereocenters. The van der Waals surface area contributed by atoms with Crippen molar-refractivity contribution in [3.8, 4) is 0 Å². The largest absolute Gasteiger partial charge is 0.378 e. The van der Waals surface area contributed by atoms with Crippen LogP contribution in [0.5, 0.6) is 0 Å². The normalized spacial score (nSPS) is 14.3. The van der Waals surface area contributed by atoms with Gasteiger partial charge in [0.05, 0.1) is 24.2 Å². The Morgan fingerprint density at radius 3 is 2.65 bits per heavy atom. The number of nitrogens with zero attached hydrogens (tertiary/aromatic N) is 5. The molecule has 1 aliphatic heterocycles. The Kier molecular flexibility index (Phi) is 4.87. The van der Waals surface area contributed by atoms with Crippen LogP contribution in [0.25, 0.3) is 16.7 Å². The van der Waals surface area contributed by atoms with Crippen LogP contribution < -0.4 is 15.9 Å². The molecule has 9 nitrogen and oxygen atoms in total. The van der Waals surface area contributed by atoms with Gasteiger partial charge >= 0.3 is 5.69 Å². The third-order valence-corrected chi connectivity index (χ3v) is 5.41. The zero-order valence-corrected chi connectivity index (χ0v) is 17.1. The van der Waals surface area contributed by atoms with Crippen LogP contribution >= 0.6 is 0 Å². The van der Waals surface area contributed by atoms with Crippen LogP contribution in [-0.2, 0) is 16.1 Å². The summed E-state index contributed by atoms with van der Waals surface area (Å²) < 4.78 is 8.18. The number of hydrogen-bond acceptors (Lipinski definition) is 6. The summed E-state index contributed by atoms with van der Waals surface area (Å²) in [6, 6.07) is 14.9. The fourth-order valence-corrected chi connectivity index (χ4v) is 3.81. The second-order valence-electron chi connectivity index (χ2n) is 7.49. The average Bonchev–Trinajstić information content (AvgIpc) is 3.11. The molecule has 5 rings (SSSR count). The van der Waals surface area contributed by atoms with Crippen molar-refractivity contribution in [2.75, 3.05) is 36.5 Å². The van der Waals surface area contributed by atoms with Gasteiger partial charge in [-0.3, -0.25) is 4.79 Å². The number of rotatable bonds is 4. The van der Waals surface area contributed by atoms with Crippen molar-refractivity contribution in [1.29, 1.82) is 0 Å². The molecule has 2 aromatic carbocycles. The predicted octanol–water partition coefficient (Wildman–Crippen LogP) is 1.83. The molecular weight excluding hydrogens is 396 g/mol. The minimum Gasteiger partial charge on any atom is -0.378 e. The van der Waals surface area contributed by atoms with Gasteiger partial charge in [0.25, 0.3) is 0 Å². The van der Waals surface area contributed by atoms with Crippen molar-refractivity contribution in [2.24, 2.45) is 0 Å². The lowest BCUT2D eigenvalue weighted by Gasteiger charge is -2.27. The van der Waals surface area contributed by atoms with Gasteiger partial charge in [0, 0.05) is 18.8 Å². The van der Waals surface area contributed by atoms with Crippen LogP contribution in [0.1, 0.15) is 5.56 Å². The Labute approximate surface area is 177 Å². The third kappa shape index (κ3) is 3.53. The van der Waals surface area contributed by atoms with Crippen LogP contribution in [0.4, 0.5) is 11.5 Å². The molecule has 0 spiro atoms. The van der Waals surface area contributed by atoms with E-state index in [1.807, 2.05) is 55.5 Å². The molecule has 0 radical (unpaired) electrons. The number of anilines is 2. The van der Waals surface area contributed by atoms with E-state index in [0.717, 1.165) is 5.56 Å².